The van der Waals surface area contributed by atoms with Gasteiger partial charge in [-0.15, -0.1) is 11.3 Å². The number of nitrogens with zero attached hydrogens (tertiary/aromatic N) is 8. The third-order valence-corrected chi connectivity index (χ3v) is 12.9. The van der Waals surface area contributed by atoms with E-state index >= 15 is 13.2 Å². The summed E-state index contributed by atoms with van der Waals surface area (Å²) in [5.74, 6) is 1.74. The number of aromatic nitrogens is 2. The number of aliphatic carboxylic acids is 1. The first-order chi connectivity index (χ1) is 30.9. The number of carboxylic acid groups (broad SMARTS) is 1. The first kappa shape index (κ1) is 38.8. The molecule has 0 aliphatic carbocycles. The van der Waals surface area contributed by atoms with Gasteiger partial charge in [0.05, 0.1) is 74.6 Å². The largest absolute Gasteiger partial charge is 0.496 e. The predicted octanol–water partition coefficient (Wildman–Crippen LogP) is 4.66. The molecule has 3 aromatic heterocycles. The molecular formula is C42H31F3N10O8S+2. The topological polar surface area (TPSA) is 193 Å². The number of nitrogens with one attached hydrogen (secondary N) is 2. The second kappa shape index (κ2) is 13.5. The standard InChI is InChI=1S/C42H29F3N10O8S/c1-58-17-7-8-18(59-2)25-24(17)33-47-36-26-19(60-3)9-10-20(61-4)27(26)38-49-35-30-31(42(43,44)45)23(13-16(14-46)41(56)57)64-32(30)40-50-39-29-22(63-6)12-11-21(62-5)28(29)37(55(39)51-54(36)38)48-34(25)52(33)15-53(35)40/h7-13,36H,15H2,1-6H3,(H-,47,50,51,56,57)/p+2. The van der Waals surface area contributed by atoms with Gasteiger partial charge in [0.25, 0.3) is 23.3 Å². The van der Waals surface area contributed by atoms with Crippen LogP contribution in [-0.2, 0) is 17.6 Å². The first-order valence-electron chi connectivity index (χ1n) is 19.2. The van der Waals surface area contributed by atoms with Crippen molar-refractivity contribution in [3.05, 3.63) is 85.6 Å². The van der Waals surface area contributed by atoms with E-state index in [0.29, 0.717) is 90.5 Å². The van der Waals surface area contributed by atoms with E-state index in [1.54, 1.807) is 54.9 Å². The van der Waals surface area contributed by atoms with Crippen LogP contribution in [0.5, 0.6) is 34.5 Å². The number of anilines is 1. The normalized spacial score (nSPS) is 16.3. The number of carbonyl (C=O) groups is 1. The number of aliphatic imine (C=N–C) groups is 1. The van der Waals surface area contributed by atoms with Crippen molar-refractivity contribution < 1.29 is 60.9 Å². The summed E-state index contributed by atoms with van der Waals surface area (Å²) in [5.41, 5.74) is 2.87. The minimum Gasteiger partial charge on any atom is -0.496 e. The Morgan fingerprint density at radius 1 is 0.812 bits per heavy atom. The Hall–Kier alpha value is -8.06. The Morgan fingerprint density at radius 2 is 1.41 bits per heavy atom. The lowest BCUT2D eigenvalue weighted by Gasteiger charge is -2.22. The highest BCUT2D eigenvalue weighted by Crippen LogP contribution is 2.51. The van der Waals surface area contributed by atoms with Crippen LogP contribution < -0.4 is 50.2 Å². The number of ether oxygens (including phenoxy) is 6. The Morgan fingerprint density at radius 3 is 2.03 bits per heavy atom. The maximum Gasteiger partial charge on any atom is 0.425 e. The van der Waals surface area contributed by atoms with Crippen LogP contribution in [0, 0.1) is 11.3 Å². The van der Waals surface area contributed by atoms with Crippen molar-refractivity contribution in [2.24, 2.45) is 15.0 Å². The fourth-order valence-electron chi connectivity index (χ4n) is 9.15. The van der Waals surface area contributed by atoms with Gasteiger partial charge >= 0.3 is 18.0 Å². The molecule has 0 radical (unpaired) electrons. The number of halogens is 3. The summed E-state index contributed by atoms with van der Waals surface area (Å²) in [7, 11) is 8.99. The van der Waals surface area contributed by atoms with Crippen LogP contribution >= 0.6 is 11.3 Å². The third kappa shape index (κ3) is 4.94. The van der Waals surface area contributed by atoms with E-state index in [0.717, 1.165) is 6.08 Å². The lowest BCUT2D eigenvalue weighted by molar-refractivity contribution is -0.786. The zero-order chi connectivity index (χ0) is 44.7. The Labute approximate surface area is 361 Å². The van der Waals surface area contributed by atoms with Gasteiger partial charge < -0.3 is 38.8 Å². The average Bonchev–Trinajstić information content (AvgIpc) is 4.04. The van der Waals surface area contributed by atoms with Gasteiger partial charge in [0.15, 0.2) is 11.3 Å². The molecule has 18 nitrogen and oxygen atoms in total. The number of hydrazine groups is 2. The number of benzene rings is 3. The van der Waals surface area contributed by atoms with Gasteiger partial charge in [-0.1, -0.05) is 9.37 Å². The van der Waals surface area contributed by atoms with Crippen LogP contribution in [0.2, 0.25) is 0 Å². The number of hydrogen-bond donors (Lipinski definition) is 3. The van der Waals surface area contributed by atoms with Crippen molar-refractivity contribution in [3.63, 3.8) is 0 Å². The minimum absolute atomic E-state index is 0.00842. The van der Waals surface area contributed by atoms with Crippen LogP contribution in [-0.4, -0.2) is 89.7 Å². The predicted molar refractivity (Wildman–Crippen MR) is 222 cm³/mol. The van der Waals surface area contributed by atoms with Crippen molar-refractivity contribution in [2.45, 2.75) is 19.0 Å². The number of amidine groups is 3. The van der Waals surface area contributed by atoms with E-state index in [9.17, 15) is 15.2 Å². The third-order valence-electron chi connectivity index (χ3n) is 11.8. The molecule has 1 unspecified atom stereocenters. The molecule has 22 heteroatoms. The molecule has 12 bridgehead atoms. The molecule has 6 aliphatic rings. The van der Waals surface area contributed by atoms with E-state index < -0.39 is 39.7 Å². The number of alkyl halides is 3. The van der Waals surface area contributed by atoms with Crippen LogP contribution in [0.15, 0.2) is 56.9 Å². The van der Waals surface area contributed by atoms with Gasteiger partial charge in [-0.2, -0.15) is 28.4 Å². The number of methoxy groups -OCH3 is 6. The fourth-order valence-corrected chi connectivity index (χ4v) is 10.4. The highest BCUT2D eigenvalue weighted by molar-refractivity contribution is 7.20. The van der Waals surface area contributed by atoms with E-state index in [1.165, 1.54) is 48.7 Å². The first-order valence-corrected chi connectivity index (χ1v) is 20.0. The van der Waals surface area contributed by atoms with Gasteiger partial charge in [-0.05, 0) is 48.0 Å². The number of carboxylic acids is 1. The van der Waals surface area contributed by atoms with Crippen molar-refractivity contribution in [3.8, 4) is 40.6 Å². The minimum atomic E-state index is -5.10. The van der Waals surface area contributed by atoms with Crippen LogP contribution in [0.1, 0.15) is 38.9 Å². The number of hydrazone groups is 2. The summed E-state index contributed by atoms with van der Waals surface area (Å²) < 4.78 is 90.3. The highest BCUT2D eigenvalue weighted by Gasteiger charge is 2.53. The Balaban J connectivity index is 1.47. The van der Waals surface area contributed by atoms with Crippen molar-refractivity contribution in [1.82, 2.24) is 14.7 Å². The second-order valence-corrected chi connectivity index (χ2v) is 15.7. The maximum atomic E-state index is 15.9. The molecule has 0 saturated heterocycles. The molecule has 64 heavy (non-hydrogen) atoms. The molecule has 0 fully saturated rings. The lowest BCUT2D eigenvalue weighted by atomic mass is 10.0. The summed E-state index contributed by atoms with van der Waals surface area (Å²) in [4.78, 5) is 27.4. The van der Waals surface area contributed by atoms with Gasteiger partial charge in [-0.25, -0.2) is 4.79 Å². The molecule has 6 aromatic rings. The summed E-state index contributed by atoms with van der Waals surface area (Å²) in [6.07, 6.45) is -5.35. The smallest absolute Gasteiger partial charge is 0.425 e. The molecule has 9 heterocycles. The molecule has 0 amide bonds. The zero-order valence-electron chi connectivity index (χ0n) is 34.3. The van der Waals surface area contributed by atoms with Crippen molar-refractivity contribution in [1.29, 1.82) is 5.26 Å². The summed E-state index contributed by atoms with van der Waals surface area (Å²) in [6, 6.07) is 11.8. The second-order valence-electron chi connectivity index (χ2n) is 14.7. The fraction of sp³-hybridized carbons (Fsp3) is 0.214. The van der Waals surface area contributed by atoms with E-state index in [4.69, 9.17) is 43.4 Å². The number of hydrogen-bond acceptors (Lipinski definition) is 14. The zero-order valence-corrected chi connectivity index (χ0v) is 35.1. The molecule has 1 atom stereocenters. The van der Waals surface area contributed by atoms with Crippen molar-refractivity contribution in [2.75, 3.05) is 48.0 Å². The maximum absolute atomic E-state index is 15.9. The highest BCUT2D eigenvalue weighted by atomic mass is 32.1. The monoisotopic (exact) mass is 892 g/mol. The van der Waals surface area contributed by atoms with Gasteiger partial charge in [0, 0.05) is 9.87 Å². The summed E-state index contributed by atoms with van der Waals surface area (Å²) in [5, 5.41) is 23.9. The molecule has 0 saturated carbocycles. The van der Waals surface area contributed by atoms with Gasteiger partial charge in [0.1, 0.15) is 75.3 Å². The molecule has 6 aliphatic heterocycles. The SMILES string of the molecule is COc1ccc(OC)c2c1C1=Nc3c4c(OC)ccc(OC)c4c4n3Cn3c5c6sc(C=C(C#N)C(=O)O)c(C(F)(F)F)c6c3=NC3=[N+](N[N+]1=C2N=5)C(N4)c1c(OC)ccc(OC)c13. The molecular weight excluding hydrogens is 862 g/mol. The van der Waals surface area contributed by atoms with Crippen LogP contribution in [0.25, 0.3) is 26.9 Å². The van der Waals surface area contributed by atoms with E-state index in [-0.39, 0.29) is 39.9 Å². The van der Waals surface area contributed by atoms with E-state index in [2.05, 4.69) is 10.9 Å². The summed E-state index contributed by atoms with van der Waals surface area (Å²) in [6.45, 7) is -0.245. The number of nitriles is 1. The van der Waals surface area contributed by atoms with Crippen molar-refractivity contribution >= 4 is 73.4 Å². The molecule has 322 valence electrons. The number of rotatable bonds is 8. The average molecular weight is 893 g/mol. The van der Waals surface area contributed by atoms with Gasteiger partial charge in [0.2, 0.25) is 0 Å². The molecule has 3 aromatic carbocycles. The van der Waals surface area contributed by atoms with E-state index in [1.807, 2.05) is 0 Å². The molecule has 0 spiro atoms. The number of fused-ring (bicyclic) bond motifs is 4. The van der Waals surface area contributed by atoms with Gasteiger partial charge in [-0.3, -0.25) is 9.13 Å². The summed E-state index contributed by atoms with van der Waals surface area (Å²) >= 11 is 0.629. The number of thiophene rings is 1. The lowest BCUT2D eigenvalue weighted by Crippen LogP contribution is -2.48. The Kier molecular flexibility index (Phi) is 8.17. The van der Waals surface area contributed by atoms with Crippen LogP contribution in [0.3, 0.4) is 0 Å². The van der Waals surface area contributed by atoms with Crippen LogP contribution in [0.4, 0.5) is 24.8 Å². The molecule has 12 rings (SSSR count). The quantitative estimate of drug-likeness (QED) is 0.109. The molecule has 3 N–H and O–H groups in total. The Bertz CT molecular complexity index is 3500.